The van der Waals surface area contributed by atoms with Gasteiger partial charge in [0.15, 0.2) is 0 Å². The van der Waals surface area contributed by atoms with Gasteiger partial charge in [-0.1, -0.05) is 11.6 Å². The Bertz CT molecular complexity index is 962. The van der Waals surface area contributed by atoms with E-state index in [1.807, 2.05) is 0 Å². The van der Waals surface area contributed by atoms with E-state index in [4.69, 9.17) is 21.1 Å². The summed E-state index contributed by atoms with van der Waals surface area (Å²) in [7, 11) is 0. The Morgan fingerprint density at radius 1 is 0.825 bits per heavy atom. The lowest BCUT2D eigenvalue weighted by Gasteiger charge is -2.28. The van der Waals surface area contributed by atoms with Crippen LogP contribution < -0.4 is 10.6 Å². The minimum atomic E-state index is -1.05. The van der Waals surface area contributed by atoms with Gasteiger partial charge < -0.3 is 35.0 Å². The molecule has 226 valence electrons. The summed E-state index contributed by atoms with van der Waals surface area (Å²) in [6.07, 6.45) is 1.36. The van der Waals surface area contributed by atoms with E-state index in [0.29, 0.717) is 56.0 Å². The lowest BCUT2D eigenvalue weighted by atomic mass is 10.2. The predicted molar refractivity (Wildman–Crippen MR) is 152 cm³/mol. The van der Waals surface area contributed by atoms with Crippen molar-refractivity contribution in [2.75, 3.05) is 39.3 Å². The predicted octanol–water partition coefficient (Wildman–Crippen LogP) is 4.77. The van der Waals surface area contributed by atoms with E-state index < -0.39 is 29.5 Å². The Kier molecular flexibility index (Phi) is 14.5. The standard InChI is InChI=1S/C27H44ClN5O7/c1-26(2,3)39-23(35)30-14-10-17-32(24(36)37)15-7-8-16-33(25(38)40-27(4,5)6)18-9-13-29-22(34)20-11-12-21(28)31-19-20/h11-12,19H,7-10,13-18H2,1-6H3,(H,29,34)(H,30,35)(H,36,37). The van der Waals surface area contributed by atoms with E-state index in [1.165, 1.54) is 17.2 Å². The number of carbonyl (C=O) groups excluding carboxylic acids is 3. The molecule has 40 heavy (non-hydrogen) atoms. The van der Waals surface area contributed by atoms with Gasteiger partial charge in [0, 0.05) is 45.5 Å². The number of amides is 4. The van der Waals surface area contributed by atoms with Gasteiger partial charge in [-0.2, -0.15) is 0 Å². The number of nitrogens with one attached hydrogen (secondary N) is 2. The van der Waals surface area contributed by atoms with Gasteiger partial charge in [-0.3, -0.25) is 4.79 Å². The van der Waals surface area contributed by atoms with Crippen molar-refractivity contribution >= 4 is 35.8 Å². The van der Waals surface area contributed by atoms with Crippen molar-refractivity contribution < 1.29 is 33.8 Å². The van der Waals surface area contributed by atoms with Crippen molar-refractivity contribution in [1.82, 2.24) is 25.4 Å². The number of pyridine rings is 1. The van der Waals surface area contributed by atoms with Crippen molar-refractivity contribution in [1.29, 1.82) is 0 Å². The monoisotopic (exact) mass is 585 g/mol. The first kappa shape index (κ1) is 34.7. The average molecular weight is 586 g/mol. The highest BCUT2D eigenvalue weighted by atomic mass is 35.5. The van der Waals surface area contributed by atoms with E-state index in [0.717, 1.165) is 0 Å². The summed E-state index contributed by atoms with van der Waals surface area (Å²) in [6.45, 7) is 12.5. The Balaban J connectivity index is 2.50. The maximum absolute atomic E-state index is 12.7. The number of carbonyl (C=O) groups is 4. The molecule has 13 heteroatoms. The molecule has 1 rings (SSSR count). The first-order chi connectivity index (χ1) is 18.6. The van der Waals surface area contributed by atoms with Crippen LogP contribution in [-0.2, 0) is 9.47 Å². The Labute approximate surface area is 241 Å². The summed E-state index contributed by atoms with van der Waals surface area (Å²) in [5.41, 5.74) is -0.886. The minimum Gasteiger partial charge on any atom is -0.465 e. The molecule has 0 aliphatic carbocycles. The van der Waals surface area contributed by atoms with Crippen LogP contribution in [0.3, 0.4) is 0 Å². The highest BCUT2D eigenvalue weighted by molar-refractivity contribution is 6.29. The molecule has 3 N–H and O–H groups in total. The number of ether oxygens (including phenoxy) is 2. The third-order valence-electron chi connectivity index (χ3n) is 5.18. The van der Waals surface area contributed by atoms with Crippen molar-refractivity contribution in [3.05, 3.63) is 29.0 Å². The van der Waals surface area contributed by atoms with E-state index in [-0.39, 0.29) is 25.5 Å². The summed E-state index contributed by atoms with van der Waals surface area (Å²) in [4.78, 5) is 55.1. The topological polar surface area (TPSA) is 150 Å². The first-order valence-corrected chi connectivity index (χ1v) is 13.8. The normalized spacial score (nSPS) is 11.4. The molecule has 4 amide bonds. The fourth-order valence-corrected chi connectivity index (χ4v) is 3.50. The largest absolute Gasteiger partial charge is 0.465 e. The molecule has 0 saturated heterocycles. The van der Waals surface area contributed by atoms with Gasteiger partial charge >= 0.3 is 18.3 Å². The molecule has 0 aliphatic rings. The summed E-state index contributed by atoms with van der Waals surface area (Å²) in [6, 6.07) is 3.11. The molecule has 1 heterocycles. The molecule has 12 nitrogen and oxygen atoms in total. The summed E-state index contributed by atoms with van der Waals surface area (Å²) >= 11 is 5.75. The fraction of sp³-hybridized carbons (Fsp3) is 0.667. The average Bonchev–Trinajstić information content (AvgIpc) is 2.81. The van der Waals surface area contributed by atoms with Gasteiger partial charge in [-0.15, -0.1) is 0 Å². The van der Waals surface area contributed by atoms with Crippen LogP contribution in [0.2, 0.25) is 5.15 Å². The van der Waals surface area contributed by atoms with Gasteiger partial charge in [-0.25, -0.2) is 19.4 Å². The van der Waals surface area contributed by atoms with Gasteiger partial charge in [0.25, 0.3) is 5.91 Å². The number of alkyl carbamates (subject to hydrolysis) is 1. The first-order valence-electron chi connectivity index (χ1n) is 13.4. The van der Waals surface area contributed by atoms with Crippen LogP contribution in [0.5, 0.6) is 0 Å². The van der Waals surface area contributed by atoms with Crippen molar-refractivity contribution in [2.24, 2.45) is 0 Å². The molecule has 0 saturated carbocycles. The fourth-order valence-electron chi connectivity index (χ4n) is 3.39. The van der Waals surface area contributed by atoms with E-state index in [9.17, 15) is 24.3 Å². The third kappa shape index (κ3) is 16.0. The molecule has 0 spiro atoms. The summed E-state index contributed by atoms with van der Waals surface area (Å²) in [5, 5.41) is 15.2. The van der Waals surface area contributed by atoms with Crippen LogP contribution >= 0.6 is 11.6 Å². The molecule has 0 fully saturated rings. The second-order valence-electron chi connectivity index (χ2n) is 11.2. The number of carboxylic acid groups (broad SMARTS) is 1. The number of unbranched alkanes of at least 4 members (excludes halogenated alkanes) is 1. The van der Waals surface area contributed by atoms with Gasteiger partial charge in [0.2, 0.25) is 0 Å². The Morgan fingerprint density at radius 3 is 1.88 bits per heavy atom. The molecule has 0 unspecified atom stereocenters. The van der Waals surface area contributed by atoms with Gasteiger partial charge in [0.1, 0.15) is 16.4 Å². The summed E-state index contributed by atoms with van der Waals surface area (Å²) < 4.78 is 10.7. The maximum atomic E-state index is 12.7. The minimum absolute atomic E-state index is 0.254. The number of halogens is 1. The smallest absolute Gasteiger partial charge is 0.410 e. The number of hydrogen-bond acceptors (Lipinski definition) is 7. The molecule has 0 atom stereocenters. The van der Waals surface area contributed by atoms with Crippen LogP contribution in [0.1, 0.15) is 77.6 Å². The van der Waals surface area contributed by atoms with Gasteiger partial charge in [-0.05, 0) is 79.4 Å². The molecular formula is C27H44ClN5O7. The molecular weight excluding hydrogens is 542 g/mol. The second kappa shape index (κ2) is 16.7. The SMILES string of the molecule is CC(C)(C)OC(=O)NCCCN(CCCCN(CCCNC(=O)c1ccc(Cl)nc1)C(=O)OC(C)(C)C)C(=O)O. The van der Waals surface area contributed by atoms with Crippen molar-refractivity contribution in [3.8, 4) is 0 Å². The van der Waals surface area contributed by atoms with E-state index >= 15 is 0 Å². The molecule has 1 aromatic rings. The quantitative estimate of drug-likeness (QED) is 0.209. The van der Waals surface area contributed by atoms with Crippen LogP contribution in [0.15, 0.2) is 18.3 Å². The summed E-state index contributed by atoms with van der Waals surface area (Å²) in [5.74, 6) is -0.289. The number of hydrogen-bond donors (Lipinski definition) is 3. The third-order valence-corrected chi connectivity index (χ3v) is 5.40. The molecule has 1 aromatic heterocycles. The lowest BCUT2D eigenvalue weighted by molar-refractivity contribution is 0.0243. The zero-order chi connectivity index (χ0) is 30.3. The highest BCUT2D eigenvalue weighted by Gasteiger charge is 2.22. The molecule has 0 radical (unpaired) electrons. The van der Waals surface area contributed by atoms with Gasteiger partial charge in [0.05, 0.1) is 5.56 Å². The van der Waals surface area contributed by atoms with Crippen molar-refractivity contribution in [3.63, 3.8) is 0 Å². The second-order valence-corrected chi connectivity index (χ2v) is 11.6. The number of aromatic nitrogens is 1. The zero-order valence-electron chi connectivity index (χ0n) is 24.4. The maximum Gasteiger partial charge on any atom is 0.410 e. The molecule has 0 aromatic carbocycles. The Morgan fingerprint density at radius 2 is 1.35 bits per heavy atom. The number of nitrogens with zero attached hydrogens (tertiary/aromatic N) is 3. The van der Waals surface area contributed by atoms with Crippen LogP contribution in [0, 0.1) is 0 Å². The highest BCUT2D eigenvalue weighted by Crippen LogP contribution is 2.12. The van der Waals surface area contributed by atoms with Crippen LogP contribution in [-0.4, -0.2) is 94.5 Å². The lowest BCUT2D eigenvalue weighted by Crippen LogP contribution is -2.39. The van der Waals surface area contributed by atoms with Crippen LogP contribution in [0.4, 0.5) is 14.4 Å². The van der Waals surface area contributed by atoms with E-state index in [2.05, 4.69) is 15.6 Å². The van der Waals surface area contributed by atoms with E-state index in [1.54, 1.807) is 52.5 Å². The Hall–Kier alpha value is -3.28. The molecule has 0 bridgehead atoms. The van der Waals surface area contributed by atoms with Crippen LogP contribution in [0.25, 0.3) is 0 Å². The number of rotatable bonds is 14. The molecule has 0 aliphatic heterocycles. The zero-order valence-corrected chi connectivity index (χ0v) is 25.2. The van der Waals surface area contributed by atoms with Crippen molar-refractivity contribution in [2.45, 2.75) is 78.4 Å².